The monoisotopic (exact) mass is 417 g/mol. The van der Waals surface area contributed by atoms with Gasteiger partial charge in [0.05, 0.1) is 17.3 Å². The number of aromatic nitrogens is 3. The van der Waals surface area contributed by atoms with E-state index in [4.69, 9.17) is 25.8 Å². The normalized spacial score (nSPS) is 13.0. The lowest BCUT2D eigenvalue weighted by atomic mass is 10.1. The third kappa shape index (κ3) is 3.94. The van der Waals surface area contributed by atoms with Gasteiger partial charge in [0.25, 0.3) is 0 Å². The Kier molecular flexibility index (Phi) is 5.21. The standard InChI is InChI=1S/C20H17ClFN3O4/c1-11-5-12(2)25(24-11)17-4-3-16(21)18(23-17)20(26)28-9-14-7-15(22)6-13-8-27-10-29-19(13)14/h3-7H,8-10H2,1-2H3. The molecule has 0 N–H and O–H groups in total. The lowest BCUT2D eigenvalue weighted by Gasteiger charge is -2.20. The summed E-state index contributed by atoms with van der Waals surface area (Å²) in [7, 11) is 0. The summed E-state index contributed by atoms with van der Waals surface area (Å²) in [4.78, 5) is 16.9. The van der Waals surface area contributed by atoms with Crippen molar-refractivity contribution >= 4 is 17.6 Å². The van der Waals surface area contributed by atoms with E-state index >= 15 is 0 Å². The van der Waals surface area contributed by atoms with Crippen LogP contribution in [0, 0.1) is 19.7 Å². The molecule has 0 amide bonds. The highest BCUT2D eigenvalue weighted by Gasteiger charge is 2.21. The van der Waals surface area contributed by atoms with Crippen molar-refractivity contribution in [3.63, 3.8) is 0 Å². The molecule has 3 aromatic rings. The van der Waals surface area contributed by atoms with Crippen LogP contribution in [0.5, 0.6) is 5.75 Å². The van der Waals surface area contributed by atoms with Crippen molar-refractivity contribution in [3.05, 3.63) is 69.4 Å². The summed E-state index contributed by atoms with van der Waals surface area (Å²) >= 11 is 6.15. The largest absolute Gasteiger partial charge is 0.467 e. The summed E-state index contributed by atoms with van der Waals surface area (Å²) < 4.78 is 31.4. The minimum absolute atomic E-state index is 0.0498. The highest BCUT2D eigenvalue weighted by molar-refractivity contribution is 6.33. The van der Waals surface area contributed by atoms with E-state index in [0.717, 1.165) is 11.4 Å². The lowest BCUT2D eigenvalue weighted by molar-refractivity contribution is -0.0183. The Morgan fingerprint density at radius 1 is 1.31 bits per heavy atom. The third-order valence-electron chi connectivity index (χ3n) is 4.36. The zero-order valence-corrected chi connectivity index (χ0v) is 16.5. The number of nitrogens with zero attached hydrogens (tertiary/aromatic N) is 3. The van der Waals surface area contributed by atoms with E-state index < -0.39 is 11.8 Å². The van der Waals surface area contributed by atoms with E-state index in [0.29, 0.717) is 22.7 Å². The summed E-state index contributed by atoms with van der Waals surface area (Å²) in [5.41, 5.74) is 2.60. The van der Waals surface area contributed by atoms with Crippen LogP contribution in [0.3, 0.4) is 0 Å². The number of hydrogen-bond donors (Lipinski definition) is 0. The molecule has 7 nitrogen and oxygen atoms in total. The van der Waals surface area contributed by atoms with Crippen molar-refractivity contribution in [2.75, 3.05) is 6.79 Å². The Labute approximate surface area is 171 Å². The first-order valence-corrected chi connectivity index (χ1v) is 9.19. The number of ether oxygens (including phenoxy) is 3. The molecule has 0 saturated carbocycles. The van der Waals surface area contributed by atoms with Gasteiger partial charge < -0.3 is 14.2 Å². The fraction of sp³-hybridized carbons (Fsp3) is 0.250. The molecule has 1 aliphatic rings. The SMILES string of the molecule is Cc1cc(C)n(-c2ccc(Cl)c(C(=O)OCc3cc(F)cc4c3OCOC4)n2)n1. The predicted molar refractivity (Wildman–Crippen MR) is 102 cm³/mol. The van der Waals surface area contributed by atoms with Crippen LogP contribution in [0.1, 0.15) is 33.0 Å². The Morgan fingerprint density at radius 2 is 2.14 bits per heavy atom. The minimum Gasteiger partial charge on any atom is -0.467 e. The van der Waals surface area contributed by atoms with Gasteiger partial charge in [-0.2, -0.15) is 5.10 Å². The highest BCUT2D eigenvalue weighted by atomic mass is 35.5. The second kappa shape index (κ2) is 7.81. The fourth-order valence-corrected chi connectivity index (χ4v) is 3.31. The number of carbonyl (C=O) groups is 1. The van der Waals surface area contributed by atoms with Crippen LogP contribution in [0.15, 0.2) is 30.3 Å². The maximum absolute atomic E-state index is 13.9. The minimum atomic E-state index is -0.733. The van der Waals surface area contributed by atoms with Gasteiger partial charge >= 0.3 is 5.97 Å². The van der Waals surface area contributed by atoms with E-state index in [9.17, 15) is 9.18 Å². The highest BCUT2D eigenvalue weighted by Crippen LogP contribution is 2.30. The topological polar surface area (TPSA) is 75.5 Å². The number of benzene rings is 1. The quantitative estimate of drug-likeness (QED) is 0.599. The molecule has 3 heterocycles. The lowest BCUT2D eigenvalue weighted by Crippen LogP contribution is -2.15. The first-order chi connectivity index (χ1) is 13.9. The van der Waals surface area contributed by atoms with Crippen LogP contribution in [-0.2, 0) is 22.7 Å². The second-order valence-corrected chi connectivity index (χ2v) is 6.99. The first kappa shape index (κ1) is 19.4. The molecule has 2 aromatic heterocycles. The van der Waals surface area contributed by atoms with Crippen molar-refractivity contribution in [3.8, 4) is 11.6 Å². The van der Waals surface area contributed by atoms with Crippen LogP contribution >= 0.6 is 11.6 Å². The Hall–Kier alpha value is -2.97. The van der Waals surface area contributed by atoms with E-state index in [1.807, 2.05) is 19.9 Å². The number of halogens is 2. The smallest absolute Gasteiger partial charge is 0.358 e. The average molecular weight is 418 g/mol. The number of rotatable bonds is 4. The molecular formula is C20H17ClFN3O4. The maximum Gasteiger partial charge on any atom is 0.358 e. The van der Waals surface area contributed by atoms with Crippen molar-refractivity contribution < 1.29 is 23.4 Å². The number of fused-ring (bicyclic) bond motifs is 1. The zero-order chi connectivity index (χ0) is 20.5. The molecule has 0 fully saturated rings. The molecule has 9 heteroatoms. The van der Waals surface area contributed by atoms with Crippen molar-refractivity contribution in [2.45, 2.75) is 27.1 Å². The Balaban J connectivity index is 1.57. The van der Waals surface area contributed by atoms with Crippen LogP contribution in [0.25, 0.3) is 5.82 Å². The van der Waals surface area contributed by atoms with E-state index in [1.54, 1.807) is 16.8 Å². The van der Waals surface area contributed by atoms with Gasteiger partial charge in [0.1, 0.15) is 18.2 Å². The van der Waals surface area contributed by atoms with Gasteiger partial charge in [-0.1, -0.05) is 11.6 Å². The molecular weight excluding hydrogens is 401 g/mol. The molecule has 4 rings (SSSR count). The number of carbonyl (C=O) groups excluding carboxylic acids is 1. The third-order valence-corrected chi connectivity index (χ3v) is 4.67. The fourth-order valence-electron chi connectivity index (χ4n) is 3.13. The van der Waals surface area contributed by atoms with Gasteiger partial charge in [0.2, 0.25) is 0 Å². The molecule has 150 valence electrons. The van der Waals surface area contributed by atoms with Gasteiger partial charge in [0, 0.05) is 16.8 Å². The maximum atomic E-state index is 13.9. The summed E-state index contributed by atoms with van der Waals surface area (Å²) in [6, 6.07) is 7.71. The molecule has 0 atom stereocenters. The first-order valence-electron chi connectivity index (χ1n) is 8.81. The van der Waals surface area contributed by atoms with Gasteiger partial charge in [0.15, 0.2) is 18.3 Å². The average Bonchev–Trinajstić information content (AvgIpc) is 3.04. The molecule has 0 spiro atoms. The van der Waals surface area contributed by atoms with Gasteiger partial charge in [-0.05, 0) is 44.2 Å². The molecule has 0 unspecified atom stereocenters. The van der Waals surface area contributed by atoms with E-state index in [2.05, 4.69) is 10.1 Å². The predicted octanol–water partition coefficient (Wildman–Crippen LogP) is 3.90. The molecule has 0 radical (unpaired) electrons. The molecule has 1 aliphatic heterocycles. The molecule has 0 aliphatic carbocycles. The van der Waals surface area contributed by atoms with Gasteiger partial charge in [-0.15, -0.1) is 0 Å². The summed E-state index contributed by atoms with van der Waals surface area (Å²) in [6.45, 7) is 3.83. The van der Waals surface area contributed by atoms with Crippen LogP contribution in [0.4, 0.5) is 4.39 Å². The summed E-state index contributed by atoms with van der Waals surface area (Å²) in [5, 5.41) is 4.50. The van der Waals surface area contributed by atoms with Crippen molar-refractivity contribution in [2.24, 2.45) is 0 Å². The molecule has 0 saturated heterocycles. The molecule has 1 aromatic carbocycles. The van der Waals surface area contributed by atoms with E-state index in [-0.39, 0.29) is 30.7 Å². The molecule has 0 bridgehead atoms. The number of pyridine rings is 1. The number of esters is 1. The van der Waals surface area contributed by atoms with Gasteiger partial charge in [-0.25, -0.2) is 18.9 Å². The van der Waals surface area contributed by atoms with Gasteiger partial charge in [-0.3, -0.25) is 0 Å². The van der Waals surface area contributed by atoms with E-state index in [1.165, 1.54) is 12.1 Å². The Morgan fingerprint density at radius 3 is 2.90 bits per heavy atom. The second-order valence-electron chi connectivity index (χ2n) is 6.58. The Bertz CT molecular complexity index is 1100. The zero-order valence-electron chi connectivity index (χ0n) is 15.7. The summed E-state index contributed by atoms with van der Waals surface area (Å²) in [5.74, 6) is -0.300. The summed E-state index contributed by atoms with van der Waals surface area (Å²) in [6.07, 6.45) is 0. The number of hydrogen-bond acceptors (Lipinski definition) is 6. The van der Waals surface area contributed by atoms with Crippen molar-refractivity contribution in [1.82, 2.24) is 14.8 Å². The number of aryl methyl sites for hydroxylation is 2. The molecule has 29 heavy (non-hydrogen) atoms. The van der Waals surface area contributed by atoms with Crippen LogP contribution < -0.4 is 4.74 Å². The van der Waals surface area contributed by atoms with Crippen molar-refractivity contribution in [1.29, 1.82) is 0 Å². The van der Waals surface area contributed by atoms with Crippen LogP contribution in [-0.4, -0.2) is 27.5 Å². The van der Waals surface area contributed by atoms with Crippen LogP contribution in [0.2, 0.25) is 5.02 Å².